The van der Waals surface area contributed by atoms with Crippen LogP contribution in [0.25, 0.3) is 28.1 Å². The largest absolute Gasteiger partial charge is 0.369 e. The van der Waals surface area contributed by atoms with Gasteiger partial charge >= 0.3 is 0 Å². The van der Waals surface area contributed by atoms with Crippen LogP contribution in [0.5, 0.6) is 0 Å². The second kappa shape index (κ2) is 13.6. The van der Waals surface area contributed by atoms with Crippen LogP contribution in [-0.2, 0) is 4.79 Å². The van der Waals surface area contributed by atoms with Crippen LogP contribution in [0.2, 0.25) is 0 Å². The van der Waals surface area contributed by atoms with Crippen LogP contribution < -0.4 is 5.32 Å². The van der Waals surface area contributed by atoms with Crippen molar-refractivity contribution in [3.05, 3.63) is 54.5 Å². The molecule has 1 spiro atoms. The summed E-state index contributed by atoms with van der Waals surface area (Å²) in [4.78, 5) is 31.0. The Kier molecular flexibility index (Phi) is 9.45. The second-order valence-corrected chi connectivity index (χ2v) is 13.2. The third-order valence-corrected chi connectivity index (χ3v) is 10.4. The summed E-state index contributed by atoms with van der Waals surface area (Å²) in [6, 6.07) is 8.75. The minimum absolute atomic E-state index is 0.0476. The van der Waals surface area contributed by atoms with Crippen molar-refractivity contribution in [2.45, 2.75) is 76.3 Å². The molecule has 1 aliphatic carbocycles. The van der Waals surface area contributed by atoms with Crippen LogP contribution in [-0.4, -0.2) is 88.0 Å². The van der Waals surface area contributed by atoms with E-state index in [1.807, 2.05) is 30.6 Å². The summed E-state index contributed by atoms with van der Waals surface area (Å²) >= 11 is 0. The van der Waals surface area contributed by atoms with Gasteiger partial charge in [-0.3, -0.25) is 14.5 Å². The maximum Gasteiger partial charge on any atom is 0.222 e. The number of allylic oxidation sites excluding steroid dienone is 2. The van der Waals surface area contributed by atoms with E-state index in [9.17, 15) is 4.79 Å². The number of aliphatic imine (C=N–C) groups is 1. The molecule has 0 atom stereocenters. The maximum atomic E-state index is 12.3. The number of carbonyl (C=O) groups is 1. The lowest BCUT2D eigenvalue weighted by molar-refractivity contribution is -0.130. The Morgan fingerprint density at radius 3 is 2.60 bits per heavy atom. The number of rotatable bonds is 9. The number of likely N-dealkylation sites (tertiary alicyclic amines) is 2. The molecule has 0 radical (unpaired) electrons. The van der Waals surface area contributed by atoms with Gasteiger partial charge in [-0.15, -0.1) is 0 Å². The van der Waals surface area contributed by atoms with E-state index < -0.39 is 0 Å². The summed E-state index contributed by atoms with van der Waals surface area (Å²) in [5.41, 5.74) is 5.25. The zero-order valence-corrected chi connectivity index (χ0v) is 27.4. The molecule has 0 unspecified atom stereocenters. The Morgan fingerprint density at radius 2 is 1.89 bits per heavy atom. The Balaban J connectivity index is 1.26. The predicted octanol–water partition coefficient (Wildman–Crippen LogP) is 6.36. The first-order valence-corrected chi connectivity index (χ1v) is 16.7. The first-order chi connectivity index (χ1) is 21.9. The molecule has 2 saturated heterocycles. The fourth-order valence-electron chi connectivity index (χ4n) is 7.42. The van der Waals surface area contributed by atoms with Gasteiger partial charge in [-0.05, 0) is 94.6 Å². The molecule has 1 aromatic carbocycles. The normalized spacial score (nSPS) is 23.5. The summed E-state index contributed by atoms with van der Waals surface area (Å²) in [6.45, 7) is 5.30. The van der Waals surface area contributed by atoms with Crippen molar-refractivity contribution in [3.8, 4) is 22.5 Å². The SMILES string of the molecule is CC/C=C(\C=NC)c1cccc(-c2ncc(-c3cnn(C4CCC5(CCC(=O)N5C)CC4)c3)c(NCC3CCN(C)CC3)n2)c1. The van der Waals surface area contributed by atoms with Gasteiger partial charge in [0, 0.05) is 67.9 Å². The molecule has 2 aromatic heterocycles. The van der Waals surface area contributed by atoms with Gasteiger partial charge in [-0.2, -0.15) is 5.10 Å². The van der Waals surface area contributed by atoms with Crippen LogP contribution in [0.3, 0.4) is 0 Å². The van der Waals surface area contributed by atoms with E-state index >= 15 is 0 Å². The predicted molar refractivity (Wildman–Crippen MR) is 182 cm³/mol. The average Bonchev–Trinajstić information content (AvgIpc) is 3.66. The number of hydrogen-bond donors (Lipinski definition) is 1. The first kappa shape index (κ1) is 31.1. The van der Waals surface area contributed by atoms with Crippen LogP contribution in [0.1, 0.15) is 76.3 Å². The quantitative estimate of drug-likeness (QED) is 0.284. The van der Waals surface area contributed by atoms with Crippen molar-refractivity contribution in [2.24, 2.45) is 10.9 Å². The van der Waals surface area contributed by atoms with Crippen molar-refractivity contribution in [1.29, 1.82) is 0 Å². The number of benzene rings is 1. The Bertz CT molecular complexity index is 1540. The number of carbonyl (C=O) groups excluding carboxylic acids is 1. The van der Waals surface area contributed by atoms with Gasteiger partial charge in [-0.1, -0.05) is 31.2 Å². The molecule has 6 rings (SSSR count). The van der Waals surface area contributed by atoms with Crippen LogP contribution in [0, 0.1) is 5.92 Å². The van der Waals surface area contributed by atoms with Crippen molar-refractivity contribution in [1.82, 2.24) is 29.5 Å². The molecule has 3 fully saturated rings. The Labute approximate surface area is 267 Å². The zero-order valence-electron chi connectivity index (χ0n) is 27.4. The fourth-order valence-corrected chi connectivity index (χ4v) is 7.42. The number of amides is 1. The standard InChI is InChI=1S/C36H48N8O/c1-5-7-29(22-37-2)27-8-6-9-28(20-27)34-39-24-32(35(41-34)38-21-26-13-18-42(3)19-14-26)30-23-40-44(25-30)31-10-15-36(16-11-31)17-12-33(45)43(36)4/h6-9,20,22-26,31H,5,10-19,21H2,1-4H3,(H,38,39,41)/b29-7+,37-22?. The molecule has 1 N–H and O–H groups in total. The number of hydrogen-bond acceptors (Lipinski definition) is 7. The van der Waals surface area contributed by atoms with Gasteiger partial charge in [-0.25, -0.2) is 9.97 Å². The highest BCUT2D eigenvalue weighted by atomic mass is 16.2. The van der Waals surface area contributed by atoms with Crippen LogP contribution in [0.4, 0.5) is 5.82 Å². The number of anilines is 1. The monoisotopic (exact) mass is 608 g/mol. The lowest BCUT2D eigenvalue weighted by atomic mass is 9.78. The second-order valence-electron chi connectivity index (χ2n) is 13.2. The van der Waals surface area contributed by atoms with Crippen molar-refractivity contribution >= 4 is 23.5 Å². The van der Waals surface area contributed by atoms with Crippen molar-refractivity contribution in [2.75, 3.05) is 46.1 Å². The summed E-state index contributed by atoms with van der Waals surface area (Å²) in [5, 5.41) is 8.58. The van der Waals surface area contributed by atoms with Crippen molar-refractivity contribution < 1.29 is 4.79 Å². The summed E-state index contributed by atoms with van der Waals surface area (Å²) < 4.78 is 2.13. The molecule has 238 valence electrons. The summed E-state index contributed by atoms with van der Waals surface area (Å²) in [6.07, 6.45) is 19.3. The van der Waals surface area contributed by atoms with Gasteiger partial charge in [0.05, 0.1) is 12.2 Å². The highest BCUT2D eigenvalue weighted by Gasteiger charge is 2.45. The molecule has 0 bridgehead atoms. The third kappa shape index (κ3) is 6.73. The van der Waals surface area contributed by atoms with Gasteiger partial charge in [0.1, 0.15) is 5.82 Å². The van der Waals surface area contributed by atoms with E-state index in [0.717, 1.165) is 91.8 Å². The highest BCUT2D eigenvalue weighted by Crippen LogP contribution is 2.44. The van der Waals surface area contributed by atoms with Gasteiger partial charge in [0.25, 0.3) is 0 Å². The van der Waals surface area contributed by atoms with E-state index in [1.54, 1.807) is 7.05 Å². The number of aromatic nitrogens is 4. The molecule has 4 heterocycles. The Morgan fingerprint density at radius 1 is 1.09 bits per heavy atom. The molecule has 9 nitrogen and oxygen atoms in total. The number of piperidine rings is 1. The zero-order chi connectivity index (χ0) is 31.4. The van der Waals surface area contributed by atoms with Crippen LogP contribution >= 0.6 is 0 Å². The topological polar surface area (TPSA) is 91.5 Å². The van der Waals surface area contributed by atoms with E-state index in [0.29, 0.717) is 24.2 Å². The maximum absolute atomic E-state index is 12.3. The van der Waals surface area contributed by atoms with E-state index in [2.05, 4.69) is 70.4 Å². The molecule has 1 amide bonds. The minimum Gasteiger partial charge on any atom is -0.369 e. The van der Waals surface area contributed by atoms with Crippen LogP contribution in [0.15, 0.2) is 53.9 Å². The highest BCUT2D eigenvalue weighted by molar-refractivity contribution is 6.10. The smallest absolute Gasteiger partial charge is 0.222 e. The lowest BCUT2D eigenvalue weighted by Gasteiger charge is -2.42. The average molecular weight is 609 g/mol. The van der Waals surface area contributed by atoms with Gasteiger partial charge < -0.3 is 15.1 Å². The molecular formula is C36H48N8O. The molecule has 3 aliphatic rings. The molecule has 3 aromatic rings. The molecule has 2 aliphatic heterocycles. The number of nitrogens with zero attached hydrogens (tertiary/aromatic N) is 7. The Hall–Kier alpha value is -3.85. The van der Waals surface area contributed by atoms with Crippen molar-refractivity contribution in [3.63, 3.8) is 0 Å². The van der Waals surface area contributed by atoms with E-state index in [-0.39, 0.29) is 11.4 Å². The fraction of sp³-hybridized carbons (Fsp3) is 0.528. The van der Waals surface area contributed by atoms with Gasteiger partial charge in [0.15, 0.2) is 5.82 Å². The molecule has 1 saturated carbocycles. The molecular weight excluding hydrogens is 560 g/mol. The molecule has 9 heteroatoms. The molecule has 45 heavy (non-hydrogen) atoms. The van der Waals surface area contributed by atoms with E-state index in [1.165, 1.54) is 12.8 Å². The summed E-state index contributed by atoms with van der Waals surface area (Å²) in [7, 11) is 6.00. The first-order valence-electron chi connectivity index (χ1n) is 16.7. The number of nitrogens with one attached hydrogen (secondary N) is 1. The third-order valence-electron chi connectivity index (χ3n) is 10.4. The minimum atomic E-state index is 0.0476. The van der Waals surface area contributed by atoms with E-state index in [4.69, 9.17) is 15.1 Å². The lowest BCUT2D eigenvalue weighted by Crippen LogP contribution is -2.46. The van der Waals surface area contributed by atoms with Gasteiger partial charge in [0.2, 0.25) is 5.91 Å². The summed E-state index contributed by atoms with van der Waals surface area (Å²) in [5.74, 6) is 2.47.